The molecule has 0 saturated heterocycles. The van der Waals surface area contributed by atoms with Crippen LogP contribution in [0.4, 0.5) is 5.69 Å². The maximum atomic E-state index is 12.3. The first-order chi connectivity index (χ1) is 10.1. The summed E-state index contributed by atoms with van der Waals surface area (Å²) in [5.74, 6) is -0.335. The molecule has 0 bridgehead atoms. The van der Waals surface area contributed by atoms with Gasteiger partial charge in [-0.25, -0.2) is 5.09 Å². The van der Waals surface area contributed by atoms with Crippen molar-refractivity contribution in [2.45, 2.75) is 32.9 Å². The molecule has 122 valence electrons. The Hall–Kier alpha value is -1.92. The van der Waals surface area contributed by atoms with Crippen molar-refractivity contribution >= 4 is 19.2 Å². The molecule has 9 heteroatoms. The van der Waals surface area contributed by atoms with Crippen molar-refractivity contribution in [3.05, 3.63) is 34.4 Å². The molecule has 0 radical (unpaired) electrons. The number of hydrogen-bond acceptors (Lipinski definition) is 6. The summed E-state index contributed by atoms with van der Waals surface area (Å²) >= 11 is 0. The van der Waals surface area contributed by atoms with Crippen LogP contribution in [-0.4, -0.2) is 29.7 Å². The molecule has 0 fully saturated rings. The first kappa shape index (κ1) is 18.1. The maximum absolute atomic E-state index is 12.3. The summed E-state index contributed by atoms with van der Waals surface area (Å²) in [6.07, 6.45) is -0.274. The quantitative estimate of drug-likeness (QED) is 0.354. The molecule has 0 aliphatic carbocycles. The van der Waals surface area contributed by atoms with Gasteiger partial charge < -0.3 is 9.26 Å². The molecule has 2 atom stereocenters. The molecule has 22 heavy (non-hydrogen) atoms. The molecule has 0 aromatic heterocycles. The van der Waals surface area contributed by atoms with Crippen LogP contribution in [0.15, 0.2) is 24.3 Å². The third kappa shape index (κ3) is 5.83. The van der Waals surface area contributed by atoms with E-state index in [1.807, 2.05) is 0 Å². The van der Waals surface area contributed by atoms with Crippen molar-refractivity contribution in [3.8, 4) is 5.75 Å². The van der Waals surface area contributed by atoms with E-state index in [0.29, 0.717) is 0 Å². The van der Waals surface area contributed by atoms with Crippen LogP contribution in [-0.2, 0) is 14.1 Å². The van der Waals surface area contributed by atoms with Gasteiger partial charge in [0.25, 0.3) is 5.69 Å². The SMILES string of the molecule is CC(C)OC(=O)[C@H](C)N[P@@](C)(=O)Oc1ccc([N+](=O)[O-])cc1. The monoisotopic (exact) mass is 330 g/mol. The fraction of sp³-hybridized carbons (Fsp3) is 0.462. The van der Waals surface area contributed by atoms with Gasteiger partial charge in [0.05, 0.1) is 11.0 Å². The number of benzene rings is 1. The lowest BCUT2D eigenvalue weighted by atomic mass is 10.3. The van der Waals surface area contributed by atoms with Crippen LogP contribution >= 0.6 is 7.52 Å². The number of non-ortho nitro benzene ring substituents is 1. The highest BCUT2D eigenvalue weighted by Crippen LogP contribution is 2.39. The summed E-state index contributed by atoms with van der Waals surface area (Å²) in [5, 5.41) is 13.1. The van der Waals surface area contributed by atoms with E-state index in [-0.39, 0.29) is 17.5 Å². The highest BCUT2D eigenvalue weighted by atomic mass is 31.2. The Balaban J connectivity index is 2.68. The highest BCUT2D eigenvalue weighted by Gasteiger charge is 2.26. The molecule has 0 unspecified atom stereocenters. The number of carbonyl (C=O) groups excluding carboxylic acids is 1. The van der Waals surface area contributed by atoms with E-state index < -0.39 is 24.5 Å². The molecule has 0 amide bonds. The molecular formula is C13H19N2O6P. The van der Waals surface area contributed by atoms with E-state index in [1.54, 1.807) is 13.8 Å². The number of nitro benzene ring substituents is 1. The van der Waals surface area contributed by atoms with Gasteiger partial charge >= 0.3 is 13.5 Å². The van der Waals surface area contributed by atoms with Gasteiger partial charge in [-0.2, -0.15) is 0 Å². The fourth-order valence-electron chi connectivity index (χ4n) is 1.60. The van der Waals surface area contributed by atoms with E-state index in [1.165, 1.54) is 37.9 Å². The van der Waals surface area contributed by atoms with Crippen LogP contribution in [0, 0.1) is 10.1 Å². The lowest BCUT2D eigenvalue weighted by molar-refractivity contribution is -0.384. The van der Waals surface area contributed by atoms with Crippen molar-refractivity contribution in [1.82, 2.24) is 5.09 Å². The van der Waals surface area contributed by atoms with Crippen molar-refractivity contribution in [1.29, 1.82) is 0 Å². The molecule has 0 spiro atoms. The first-order valence-corrected chi connectivity index (χ1v) is 8.68. The number of nitrogens with zero attached hydrogens (tertiary/aromatic N) is 1. The molecule has 0 heterocycles. The number of ether oxygens (including phenoxy) is 1. The Morgan fingerprint density at radius 1 is 1.27 bits per heavy atom. The predicted octanol–water partition coefficient (Wildman–Crippen LogP) is 2.73. The van der Waals surface area contributed by atoms with E-state index in [0.717, 1.165) is 0 Å². The molecule has 8 nitrogen and oxygen atoms in total. The van der Waals surface area contributed by atoms with Gasteiger partial charge in [-0.15, -0.1) is 0 Å². The van der Waals surface area contributed by atoms with Gasteiger partial charge in [0.15, 0.2) is 0 Å². The van der Waals surface area contributed by atoms with Crippen LogP contribution in [0.3, 0.4) is 0 Å². The first-order valence-electron chi connectivity index (χ1n) is 6.60. The predicted molar refractivity (Wildman–Crippen MR) is 81.1 cm³/mol. The number of rotatable bonds is 7. The Morgan fingerprint density at radius 3 is 2.27 bits per heavy atom. The van der Waals surface area contributed by atoms with Crippen molar-refractivity contribution in [2.75, 3.05) is 6.66 Å². The van der Waals surface area contributed by atoms with Crippen LogP contribution in [0.1, 0.15) is 20.8 Å². The molecule has 0 saturated carbocycles. The summed E-state index contributed by atoms with van der Waals surface area (Å²) in [6.45, 7) is 6.25. The van der Waals surface area contributed by atoms with Crippen LogP contribution < -0.4 is 9.61 Å². The standard InChI is InChI=1S/C13H19N2O6P/c1-9(2)20-13(16)10(3)14-22(4,19)21-12-7-5-11(6-8-12)15(17)18/h5-10H,1-4H3,(H,14,19)/t10-,22-/m0/s1. The average molecular weight is 330 g/mol. The normalized spacial score (nSPS) is 15.0. The maximum Gasteiger partial charge on any atom is 0.323 e. The van der Waals surface area contributed by atoms with E-state index in [4.69, 9.17) is 9.26 Å². The van der Waals surface area contributed by atoms with Crippen LogP contribution in [0.25, 0.3) is 0 Å². The minimum absolute atomic E-state index is 0.0971. The number of carbonyl (C=O) groups is 1. The lowest BCUT2D eigenvalue weighted by Gasteiger charge is -2.21. The molecule has 1 N–H and O–H groups in total. The Kier molecular flexibility index (Phi) is 6.08. The summed E-state index contributed by atoms with van der Waals surface area (Å²) < 4.78 is 22.6. The second-order valence-corrected chi connectivity index (χ2v) is 7.16. The summed E-state index contributed by atoms with van der Waals surface area (Å²) in [4.78, 5) is 21.7. The number of hydrogen-bond donors (Lipinski definition) is 1. The average Bonchev–Trinajstić information content (AvgIpc) is 2.37. The van der Waals surface area contributed by atoms with Gasteiger partial charge in [0.2, 0.25) is 0 Å². The minimum Gasteiger partial charge on any atom is -0.462 e. The lowest BCUT2D eigenvalue weighted by Crippen LogP contribution is -2.35. The Morgan fingerprint density at radius 2 is 1.82 bits per heavy atom. The molecule has 1 rings (SSSR count). The number of nitrogens with one attached hydrogen (secondary N) is 1. The third-order valence-corrected chi connectivity index (χ3v) is 3.88. The van der Waals surface area contributed by atoms with Crippen molar-refractivity contribution < 1.29 is 23.5 Å². The zero-order valence-corrected chi connectivity index (χ0v) is 13.7. The third-order valence-electron chi connectivity index (χ3n) is 2.46. The highest BCUT2D eigenvalue weighted by molar-refractivity contribution is 7.56. The zero-order valence-electron chi connectivity index (χ0n) is 12.8. The van der Waals surface area contributed by atoms with Gasteiger partial charge in [0, 0.05) is 18.8 Å². The Labute approximate surface area is 128 Å². The largest absolute Gasteiger partial charge is 0.462 e. The van der Waals surface area contributed by atoms with Crippen LogP contribution in [0.2, 0.25) is 0 Å². The van der Waals surface area contributed by atoms with E-state index in [9.17, 15) is 19.5 Å². The summed E-state index contributed by atoms with van der Waals surface area (Å²) in [6, 6.07) is 4.36. The molecular weight excluding hydrogens is 311 g/mol. The zero-order chi connectivity index (χ0) is 16.9. The second-order valence-electron chi connectivity index (χ2n) is 5.02. The van der Waals surface area contributed by atoms with Crippen molar-refractivity contribution in [2.24, 2.45) is 0 Å². The number of nitro groups is 1. The fourth-order valence-corrected chi connectivity index (χ4v) is 2.98. The molecule has 0 aliphatic heterocycles. The Bertz CT molecular complexity index is 587. The summed E-state index contributed by atoms with van der Waals surface area (Å²) in [5.41, 5.74) is -0.0971. The summed E-state index contributed by atoms with van der Waals surface area (Å²) in [7, 11) is -3.33. The van der Waals surface area contributed by atoms with E-state index in [2.05, 4.69) is 5.09 Å². The molecule has 0 aliphatic rings. The van der Waals surface area contributed by atoms with Gasteiger partial charge in [-0.05, 0) is 32.9 Å². The topological polar surface area (TPSA) is 108 Å². The second kappa shape index (κ2) is 7.38. The van der Waals surface area contributed by atoms with Crippen molar-refractivity contribution in [3.63, 3.8) is 0 Å². The molecule has 1 aromatic carbocycles. The van der Waals surface area contributed by atoms with E-state index >= 15 is 0 Å². The smallest absolute Gasteiger partial charge is 0.323 e. The van der Waals surface area contributed by atoms with Gasteiger partial charge in [-0.1, -0.05) is 0 Å². The minimum atomic E-state index is -3.33. The van der Waals surface area contributed by atoms with Gasteiger partial charge in [0.1, 0.15) is 11.8 Å². The molecule has 1 aromatic rings. The number of esters is 1. The van der Waals surface area contributed by atoms with Gasteiger partial charge in [-0.3, -0.25) is 19.5 Å². The van der Waals surface area contributed by atoms with Crippen LogP contribution in [0.5, 0.6) is 5.75 Å².